The average molecular weight is 332 g/mol. The van der Waals surface area contributed by atoms with Crippen LogP contribution >= 0.6 is 15.9 Å². The number of nitro groups is 1. The van der Waals surface area contributed by atoms with Crippen molar-refractivity contribution >= 4 is 27.4 Å². The van der Waals surface area contributed by atoms with Crippen molar-refractivity contribution in [3.63, 3.8) is 0 Å². The molecule has 1 unspecified atom stereocenters. The summed E-state index contributed by atoms with van der Waals surface area (Å²) in [7, 11) is 0. The SMILES string of the molecule is Cc1c([N+](=O)[O-])cnc(NCC(O)CC(C)C)c1Br. The summed E-state index contributed by atoms with van der Waals surface area (Å²) in [4.78, 5) is 14.3. The van der Waals surface area contributed by atoms with Crippen LogP contribution in [0.15, 0.2) is 10.7 Å². The van der Waals surface area contributed by atoms with Gasteiger partial charge in [-0.15, -0.1) is 0 Å². The van der Waals surface area contributed by atoms with Gasteiger partial charge in [0.05, 0.1) is 15.5 Å². The third-order valence-electron chi connectivity index (χ3n) is 2.68. The molecule has 1 rings (SSSR count). The van der Waals surface area contributed by atoms with Crippen LogP contribution in [-0.4, -0.2) is 27.7 Å². The molecule has 19 heavy (non-hydrogen) atoms. The second kappa shape index (κ2) is 6.81. The monoisotopic (exact) mass is 331 g/mol. The lowest BCUT2D eigenvalue weighted by atomic mass is 10.1. The van der Waals surface area contributed by atoms with Crippen LogP contribution in [0.5, 0.6) is 0 Å². The van der Waals surface area contributed by atoms with E-state index in [1.54, 1.807) is 6.92 Å². The molecule has 1 heterocycles. The van der Waals surface area contributed by atoms with Gasteiger partial charge in [-0.2, -0.15) is 0 Å². The van der Waals surface area contributed by atoms with Crippen LogP contribution in [0, 0.1) is 23.0 Å². The van der Waals surface area contributed by atoms with Crippen molar-refractivity contribution in [2.45, 2.75) is 33.3 Å². The molecule has 0 aromatic carbocycles. The number of rotatable bonds is 6. The van der Waals surface area contributed by atoms with Gasteiger partial charge in [-0.25, -0.2) is 4.98 Å². The topological polar surface area (TPSA) is 88.3 Å². The van der Waals surface area contributed by atoms with E-state index in [9.17, 15) is 15.2 Å². The molecule has 0 aliphatic rings. The quantitative estimate of drug-likeness (QED) is 0.618. The minimum Gasteiger partial charge on any atom is -0.391 e. The molecule has 1 aromatic heterocycles. The van der Waals surface area contributed by atoms with E-state index in [4.69, 9.17) is 0 Å². The molecule has 0 saturated carbocycles. The molecule has 1 atom stereocenters. The van der Waals surface area contributed by atoms with Gasteiger partial charge >= 0.3 is 0 Å². The highest BCUT2D eigenvalue weighted by atomic mass is 79.9. The lowest BCUT2D eigenvalue weighted by Gasteiger charge is -2.15. The predicted octanol–water partition coefficient (Wildman–Crippen LogP) is 2.88. The van der Waals surface area contributed by atoms with Crippen molar-refractivity contribution in [1.82, 2.24) is 4.98 Å². The lowest BCUT2D eigenvalue weighted by Crippen LogP contribution is -2.22. The average Bonchev–Trinajstić information content (AvgIpc) is 2.29. The van der Waals surface area contributed by atoms with Gasteiger partial charge in [-0.1, -0.05) is 13.8 Å². The molecule has 0 aliphatic heterocycles. The number of anilines is 1. The Morgan fingerprint density at radius 3 is 2.74 bits per heavy atom. The molecule has 0 amide bonds. The smallest absolute Gasteiger partial charge is 0.291 e. The van der Waals surface area contributed by atoms with E-state index in [1.807, 2.05) is 13.8 Å². The Morgan fingerprint density at radius 2 is 2.21 bits per heavy atom. The maximum Gasteiger partial charge on any atom is 0.291 e. The zero-order valence-corrected chi connectivity index (χ0v) is 12.8. The summed E-state index contributed by atoms with van der Waals surface area (Å²) in [6.07, 6.45) is 1.44. The Labute approximate surface area is 120 Å². The highest BCUT2D eigenvalue weighted by Gasteiger charge is 2.17. The normalized spacial score (nSPS) is 12.5. The number of hydrogen-bond acceptors (Lipinski definition) is 5. The number of halogens is 1. The molecule has 0 spiro atoms. The molecule has 7 heteroatoms. The van der Waals surface area contributed by atoms with Gasteiger partial charge in [0.15, 0.2) is 0 Å². The minimum absolute atomic E-state index is 0.0276. The van der Waals surface area contributed by atoms with Gasteiger partial charge in [0.1, 0.15) is 12.0 Å². The van der Waals surface area contributed by atoms with Crippen molar-refractivity contribution in [2.75, 3.05) is 11.9 Å². The maximum atomic E-state index is 10.8. The Balaban J connectivity index is 2.75. The first-order valence-electron chi connectivity index (χ1n) is 6.04. The number of pyridine rings is 1. The molecule has 0 bridgehead atoms. The molecular weight excluding hydrogens is 314 g/mol. The number of nitrogens with one attached hydrogen (secondary N) is 1. The highest BCUT2D eigenvalue weighted by Crippen LogP contribution is 2.30. The van der Waals surface area contributed by atoms with Gasteiger partial charge < -0.3 is 10.4 Å². The number of aromatic nitrogens is 1. The van der Waals surface area contributed by atoms with Crippen molar-refractivity contribution in [2.24, 2.45) is 5.92 Å². The summed E-state index contributed by atoms with van der Waals surface area (Å²) in [5.74, 6) is 0.915. The first-order valence-corrected chi connectivity index (χ1v) is 6.83. The van der Waals surface area contributed by atoms with Crippen molar-refractivity contribution in [1.29, 1.82) is 0 Å². The fourth-order valence-electron chi connectivity index (χ4n) is 1.72. The van der Waals surface area contributed by atoms with Crippen molar-refractivity contribution in [3.05, 3.63) is 26.3 Å². The molecule has 2 N–H and O–H groups in total. The summed E-state index contributed by atoms with van der Waals surface area (Å²) < 4.78 is 0.554. The van der Waals surface area contributed by atoms with E-state index in [1.165, 1.54) is 6.20 Å². The molecule has 6 nitrogen and oxygen atoms in total. The first kappa shape index (κ1) is 15.8. The van der Waals surface area contributed by atoms with Crippen LogP contribution < -0.4 is 5.32 Å². The highest BCUT2D eigenvalue weighted by molar-refractivity contribution is 9.10. The zero-order chi connectivity index (χ0) is 14.6. The van der Waals surface area contributed by atoms with Gasteiger partial charge in [0, 0.05) is 12.1 Å². The molecule has 0 radical (unpaired) electrons. The summed E-state index contributed by atoms with van der Waals surface area (Å²) in [6.45, 7) is 6.08. The van der Waals surface area contributed by atoms with Crippen molar-refractivity contribution in [3.8, 4) is 0 Å². The zero-order valence-electron chi connectivity index (χ0n) is 11.2. The van der Waals surface area contributed by atoms with Gasteiger partial charge in [-0.05, 0) is 35.2 Å². The van der Waals surface area contributed by atoms with Gasteiger partial charge in [0.25, 0.3) is 5.69 Å². The minimum atomic E-state index is -0.468. The molecule has 0 saturated heterocycles. The number of nitrogens with zero attached hydrogens (tertiary/aromatic N) is 2. The van der Waals surface area contributed by atoms with Crippen molar-refractivity contribution < 1.29 is 10.0 Å². The third kappa shape index (κ3) is 4.43. The van der Waals surface area contributed by atoms with E-state index >= 15 is 0 Å². The summed E-state index contributed by atoms with van der Waals surface area (Å²) >= 11 is 3.29. The standard InChI is InChI=1S/C12H18BrN3O3/c1-7(2)4-9(17)5-14-12-11(13)8(3)10(6-15-12)16(18)19/h6-7,9,17H,4-5H2,1-3H3,(H,14,15). The maximum absolute atomic E-state index is 10.8. The van der Waals surface area contributed by atoms with Crippen LogP contribution in [0.25, 0.3) is 0 Å². The largest absolute Gasteiger partial charge is 0.391 e. The molecule has 1 aromatic rings. The van der Waals surface area contributed by atoms with E-state index in [0.29, 0.717) is 34.7 Å². The summed E-state index contributed by atoms with van der Waals surface area (Å²) in [5, 5.41) is 23.5. The second-order valence-corrected chi connectivity index (χ2v) is 5.65. The van der Waals surface area contributed by atoms with E-state index in [-0.39, 0.29) is 5.69 Å². The third-order valence-corrected chi connectivity index (χ3v) is 3.65. The second-order valence-electron chi connectivity index (χ2n) is 4.85. The Bertz CT molecular complexity index is 466. The van der Waals surface area contributed by atoms with Crippen LogP contribution in [0.4, 0.5) is 11.5 Å². The Kier molecular flexibility index (Phi) is 5.68. The molecule has 0 aliphatic carbocycles. The molecule has 0 fully saturated rings. The lowest BCUT2D eigenvalue weighted by molar-refractivity contribution is -0.385. The van der Waals surface area contributed by atoms with Gasteiger partial charge in [-0.3, -0.25) is 10.1 Å². The van der Waals surface area contributed by atoms with Crippen LogP contribution in [0.1, 0.15) is 25.8 Å². The fraction of sp³-hybridized carbons (Fsp3) is 0.583. The van der Waals surface area contributed by atoms with Crippen LogP contribution in [0.2, 0.25) is 0 Å². The van der Waals surface area contributed by atoms with E-state index in [0.717, 1.165) is 0 Å². The number of hydrogen-bond donors (Lipinski definition) is 2. The molecular formula is C12H18BrN3O3. The van der Waals surface area contributed by atoms with E-state index < -0.39 is 11.0 Å². The summed E-state index contributed by atoms with van der Waals surface area (Å²) in [6, 6.07) is 0. The Morgan fingerprint density at radius 1 is 1.58 bits per heavy atom. The van der Waals surface area contributed by atoms with Gasteiger partial charge in [0.2, 0.25) is 0 Å². The predicted molar refractivity (Wildman–Crippen MR) is 77.3 cm³/mol. The van der Waals surface area contributed by atoms with Crippen LogP contribution in [-0.2, 0) is 0 Å². The number of aliphatic hydroxyl groups is 1. The van der Waals surface area contributed by atoms with E-state index in [2.05, 4.69) is 26.2 Å². The Hall–Kier alpha value is -1.21. The summed E-state index contributed by atoms with van der Waals surface area (Å²) in [5.41, 5.74) is 0.487. The van der Waals surface area contributed by atoms with Crippen LogP contribution in [0.3, 0.4) is 0 Å². The number of aliphatic hydroxyl groups excluding tert-OH is 1. The first-order chi connectivity index (χ1) is 8.82. The molecule has 106 valence electrons. The fourth-order valence-corrected chi connectivity index (χ4v) is 2.16.